The minimum Gasteiger partial charge on any atom is -0.468 e. The van der Waals surface area contributed by atoms with Crippen LogP contribution in [-0.2, 0) is 9.53 Å². The summed E-state index contributed by atoms with van der Waals surface area (Å²) in [5.74, 6) is -0.761. The maximum absolute atomic E-state index is 12.9. The number of aliphatic hydroxyl groups is 1. The predicted molar refractivity (Wildman–Crippen MR) is 67.9 cm³/mol. The van der Waals surface area contributed by atoms with E-state index in [1.54, 1.807) is 19.1 Å². The molecular weight excluding hydrogens is 249 g/mol. The molecule has 2 N–H and O–H groups in total. The van der Waals surface area contributed by atoms with Crippen molar-refractivity contribution in [1.29, 1.82) is 0 Å². The quantitative estimate of drug-likeness (QED) is 0.813. The lowest BCUT2D eigenvalue weighted by Gasteiger charge is -2.22. The fraction of sp³-hybridized carbons (Fsp3) is 0.500. The molecule has 0 saturated carbocycles. The van der Waals surface area contributed by atoms with E-state index in [2.05, 4.69) is 5.32 Å². The molecule has 1 aliphatic heterocycles. The van der Waals surface area contributed by atoms with E-state index in [0.717, 1.165) is 5.56 Å². The van der Waals surface area contributed by atoms with Crippen molar-refractivity contribution >= 4 is 5.97 Å². The van der Waals surface area contributed by atoms with Gasteiger partial charge in [0.15, 0.2) is 0 Å². The molecule has 0 unspecified atom stereocenters. The van der Waals surface area contributed by atoms with Crippen molar-refractivity contribution < 1.29 is 19.0 Å². The van der Waals surface area contributed by atoms with Crippen LogP contribution in [-0.4, -0.2) is 30.3 Å². The summed E-state index contributed by atoms with van der Waals surface area (Å²) in [7, 11) is 1.34. The molecule has 1 fully saturated rings. The maximum atomic E-state index is 12.9. The smallest absolute Gasteiger partial charge is 0.325 e. The Bertz CT molecular complexity index is 462. The molecule has 0 aliphatic carbocycles. The lowest BCUT2D eigenvalue weighted by Crippen LogP contribution is -2.45. The van der Waals surface area contributed by atoms with E-state index in [-0.39, 0.29) is 30.4 Å². The molecule has 3 atom stereocenters. The Kier molecular flexibility index (Phi) is 3.87. The minimum absolute atomic E-state index is 0.0401. The van der Waals surface area contributed by atoms with Gasteiger partial charge in [-0.15, -0.1) is 0 Å². The van der Waals surface area contributed by atoms with Crippen molar-refractivity contribution in [1.82, 2.24) is 5.32 Å². The Hall–Kier alpha value is -1.46. The Labute approximate surface area is 111 Å². The number of aliphatic hydroxyl groups excluding tert-OH is 1. The standard InChI is InChI=1S/C14H18FNO3/c1-14(13(18)19-2)7-10(8-17)12(16-14)9-3-5-11(15)6-4-9/h3-6,10,12,16-17H,7-8H2,1-2H3/t10-,12+,14+/m1/s1. The van der Waals surface area contributed by atoms with E-state index in [1.165, 1.54) is 19.2 Å². The van der Waals surface area contributed by atoms with Gasteiger partial charge in [-0.3, -0.25) is 10.1 Å². The summed E-state index contributed by atoms with van der Waals surface area (Å²) in [5, 5.41) is 12.7. The lowest BCUT2D eigenvalue weighted by atomic mass is 9.91. The van der Waals surface area contributed by atoms with Gasteiger partial charge in [0.2, 0.25) is 0 Å². The Morgan fingerprint density at radius 3 is 2.68 bits per heavy atom. The van der Waals surface area contributed by atoms with Crippen LogP contribution in [0.15, 0.2) is 24.3 Å². The van der Waals surface area contributed by atoms with Crippen LogP contribution < -0.4 is 5.32 Å². The predicted octanol–water partition coefficient (Wildman–Crippen LogP) is 1.40. The van der Waals surface area contributed by atoms with Gasteiger partial charge in [-0.25, -0.2) is 4.39 Å². The van der Waals surface area contributed by atoms with Crippen LogP contribution in [0.5, 0.6) is 0 Å². The first-order valence-electron chi connectivity index (χ1n) is 6.22. The average molecular weight is 267 g/mol. The highest BCUT2D eigenvalue weighted by Crippen LogP contribution is 2.38. The second-order valence-corrected chi connectivity index (χ2v) is 5.14. The second kappa shape index (κ2) is 5.27. The molecule has 0 radical (unpaired) electrons. The number of esters is 1. The molecular formula is C14H18FNO3. The highest BCUT2D eigenvalue weighted by molar-refractivity contribution is 5.80. The number of benzene rings is 1. The molecule has 0 spiro atoms. The Morgan fingerprint density at radius 2 is 2.16 bits per heavy atom. The van der Waals surface area contributed by atoms with Crippen LogP contribution in [0.1, 0.15) is 24.9 Å². The van der Waals surface area contributed by atoms with Crippen molar-refractivity contribution in [2.75, 3.05) is 13.7 Å². The summed E-state index contributed by atoms with van der Waals surface area (Å²) in [6.07, 6.45) is 0.484. The van der Waals surface area contributed by atoms with Gasteiger partial charge in [-0.05, 0) is 31.0 Å². The highest BCUT2D eigenvalue weighted by Gasteiger charge is 2.47. The Morgan fingerprint density at radius 1 is 1.53 bits per heavy atom. The zero-order valence-corrected chi connectivity index (χ0v) is 11.0. The molecule has 0 bridgehead atoms. The first-order chi connectivity index (χ1) is 9.00. The van der Waals surface area contributed by atoms with Gasteiger partial charge in [-0.2, -0.15) is 0 Å². The van der Waals surface area contributed by atoms with Crippen molar-refractivity contribution in [3.63, 3.8) is 0 Å². The van der Waals surface area contributed by atoms with Gasteiger partial charge < -0.3 is 9.84 Å². The average Bonchev–Trinajstić information content (AvgIpc) is 2.77. The number of methoxy groups -OCH3 is 1. The highest BCUT2D eigenvalue weighted by atomic mass is 19.1. The molecule has 1 aromatic rings. The van der Waals surface area contributed by atoms with Crippen LogP contribution in [0, 0.1) is 11.7 Å². The molecule has 0 amide bonds. The molecule has 1 aromatic carbocycles. The van der Waals surface area contributed by atoms with Crippen molar-refractivity contribution in [3.05, 3.63) is 35.6 Å². The summed E-state index contributed by atoms with van der Waals surface area (Å²) in [4.78, 5) is 11.8. The zero-order chi connectivity index (χ0) is 14.0. The monoisotopic (exact) mass is 267 g/mol. The fourth-order valence-corrected chi connectivity index (χ4v) is 2.73. The van der Waals surface area contributed by atoms with Crippen LogP contribution >= 0.6 is 0 Å². The Balaban J connectivity index is 2.25. The van der Waals surface area contributed by atoms with Crippen LogP contribution in [0.25, 0.3) is 0 Å². The molecule has 2 rings (SSSR count). The topological polar surface area (TPSA) is 58.6 Å². The van der Waals surface area contributed by atoms with Gasteiger partial charge in [0.05, 0.1) is 7.11 Å². The van der Waals surface area contributed by atoms with Crippen LogP contribution in [0.3, 0.4) is 0 Å². The van der Waals surface area contributed by atoms with Crippen molar-refractivity contribution in [2.24, 2.45) is 5.92 Å². The van der Waals surface area contributed by atoms with Crippen LogP contribution in [0.2, 0.25) is 0 Å². The molecule has 19 heavy (non-hydrogen) atoms. The molecule has 1 heterocycles. The fourth-order valence-electron chi connectivity index (χ4n) is 2.73. The van der Waals surface area contributed by atoms with Gasteiger partial charge in [0, 0.05) is 18.6 Å². The third-order valence-electron chi connectivity index (χ3n) is 3.72. The molecule has 1 aliphatic rings. The van der Waals surface area contributed by atoms with E-state index in [0.29, 0.717) is 6.42 Å². The van der Waals surface area contributed by atoms with E-state index in [4.69, 9.17) is 4.74 Å². The molecule has 104 valence electrons. The first kappa shape index (κ1) is 14.0. The number of carbonyl (C=O) groups excluding carboxylic acids is 1. The van der Waals surface area contributed by atoms with Crippen molar-refractivity contribution in [2.45, 2.75) is 24.9 Å². The maximum Gasteiger partial charge on any atom is 0.325 e. The number of nitrogens with one attached hydrogen (secondary N) is 1. The number of hydrogen-bond acceptors (Lipinski definition) is 4. The van der Waals surface area contributed by atoms with Gasteiger partial charge in [0.25, 0.3) is 0 Å². The molecule has 1 saturated heterocycles. The van der Waals surface area contributed by atoms with Gasteiger partial charge >= 0.3 is 5.97 Å². The van der Waals surface area contributed by atoms with E-state index in [1.807, 2.05) is 0 Å². The second-order valence-electron chi connectivity index (χ2n) is 5.14. The number of rotatable bonds is 3. The van der Waals surface area contributed by atoms with Gasteiger partial charge in [0.1, 0.15) is 11.4 Å². The lowest BCUT2D eigenvalue weighted by molar-refractivity contribution is -0.147. The van der Waals surface area contributed by atoms with E-state index >= 15 is 0 Å². The summed E-state index contributed by atoms with van der Waals surface area (Å²) in [5.41, 5.74) is 0.0364. The normalized spacial score (nSPS) is 30.3. The minimum atomic E-state index is -0.818. The SMILES string of the molecule is COC(=O)[C@]1(C)C[C@H](CO)[C@H](c2ccc(F)cc2)N1. The number of hydrogen-bond donors (Lipinski definition) is 2. The number of carbonyl (C=O) groups is 1. The molecule has 4 nitrogen and oxygen atoms in total. The number of halogens is 1. The largest absolute Gasteiger partial charge is 0.468 e. The summed E-state index contributed by atoms with van der Waals surface area (Å²) in [6, 6.07) is 5.89. The zero-order valence-electron chi connectivity index (χ0n) is 11.0. The van der Waals surface area contributed by atoms with E-state index < -0.39 is 5.54 Å². The third kappa shape index (κ3) is 2.62. The molecule has 5 heteroatoms. The van der Waals surface area contributed by atoms with E-state index in [9.17, 15) is 14.3 Å². The number of ether oxygens (including phenoxy) is 1. The summed E-state index contributed by atoms with van der Waals surface area (Å²) >= 11 is 0. The molecule has 0 aromatic heterocycles. The van der Waals surface area contributed by atoms with Gasteiger partial charge in [-0.1, -0.05) is 12.1 Å². The van der Waals surface area contributed by atoms with Crippen LogP contribution in [0.4, 0.5) is 4.39 Å². The first-order valence-corrected chi connectivity index (χ1v) is 6.22. The summed E-state index contributed by atoms with van der Waals surface area (Å²) in [6.45, 7) is 1.71. The van der Waals surface area contributed by atoms with Crippen molar-refractivity contribution in [3.8, 4) is 0 Å². The summed E-state index contributed by atoms with van der Waals surface area (Å²) < 4.78 is 17.7. The third-order valence-corrected chi connectivity index (χ3v) is 3.72.